The number of hydrogen-bond donors (Lipinski definition) is 1. The van der Waals surface area contributed by atoms with E-state index in [4.69, 9.17) is 0 Å². The molecule has 0 aliphatic carbocycles. The Morgan fingerprint density at radius 1 is 1.00 bits per heavy atom. The minimum atomic E-state index is 0.00134. The highest BCUT2D eigenvalue weighted by Crippen LogP contribution is 2.28. The third-order valence-corrected chi connectivity index (χ3v) is 4.58. The summed E-state index contributed by atoms with van der Waals surface area (Å²) in [4.78, 5) is 30.9. The number of aromatic amines is 1. The van der Waals surface area contributed by atoms with Crippen molar-refractivity contribution in [2.24, 2.45) is 5.16 Å². The molecule has 0 unspecified atom stereocenters. The second kappa shape index (κ2) is 6.88. The second-order valence-electron chi connectivity index (χ2n) is 6.27. The van der Waals surface area contributed by atoms with Gasteiger partial charge < -0.3 is 9.82 Å². The maximum atomic E-state index is 12.9. The quantitative estimate of drug-likeness (QED) is 0.190. The van der Waals surface area contributed by atoms with Crippen LogP contribution in [0.15, 0.2) is 65.8 Å². The molecule has 0 aliphatic heterocycles. The topological polar surface area (TPSA) is 71.5 Å². The van der Waals surface area contributed by atoms with Crippen LogP contribution in [0.3, 0.4) is 0 Å². The Hall–Kier alpha value is -3.73. The van der Waals surface area contributed by atoms with E-state index in [1.54, 1.807) is 0 Å². The fourth-order valence-electron chi connectivity index (χ4n) is 3.24. The molecule has 132 valence electrons. The molecule has 0 fully saturated rings. The van der Waals surface area contributed by atoms with Gasteiger partial charge in [-0.15, -0.1) is 0 Å². The Kier molecular flexibility index (Phi) is 4.26. The summed E-state index contributed by atoms with van der Waals surface area (Å²) in [5, 5.41) is 5.50. The molecular formula is C22H16N2O3. The number of benzene rings is 3. The Bertz CT molecular complexity index is 1200. The SMILES string of the molecule is Cc1ccccc1C(=O)c1ccc2[nH]c3ccc(/C=N\OC=O)cc3c2c1. The molecule has 5 heteroatoms. The molecule has 4 aromatic rings. The third kappa shape index (κ3) is 3.11. The van der Waals surface area contributed by atoms with E-state index in [0.29, 0.717) is 11.1 Å². The number of carbonyl (C=O) groups is 2. The van der Waals surface area contributed by atoms with Gasteiger partial charge in [0.15, 0.2) is 5.78 Å². The van der Waals surface area contributed by atoms with Gasteiger partial charge in [0.05, 0.1) is 6.21 Å². The number of carbonyl (C=O) groups excluding carboxylic acids is 2. The van der Waals surface area contributed by atoms with Gasteiger partial charge in [-0.3, -0.25) is 9.59 Å². The van der Waals surface area contributed by atoms with Crippen LogP contribution >= 0.6 is 0 Å². The maximum absolute atomic E-state index is 12.9. The van der Waals surface area contributed by atoms with Crippen LogP contribution in [-0.2, 0) is 9.63 Å². The highest BCUT2D eigenvalue weighted by Gasteiger charge is 2.13. The molecule has 1 heterocycles. The molecule has 0 saturated carbocycles. The lowest BCUT2D eigenvalue weighted by atomic mass is 9.98. The van der Waals surface area contributed by atoms with E-state index in [-0.39, 0.29) is 12.3 Å². The van der Waals surface area contributed by atoms with E-state index in [0.717, 1.165) is 32.9 Å². The van der Waals surface area contributed by atoms with Crippen molar-refractivity contribution in [3.05, 3.63) is 82.9 Å². The number of aromatic nitrogens is 1. The summed E-state index contributed by atoms with van der Waals surface area (Å²) in [5.74, 6) is 0.00134. The fraction of sp³-hybridized carbons (Fsp3) is 0.0455. The first-order valence-electron chi connectivity index (χ1n) is 8.46. The van der Waals surface area contributed by atoms with E-state index in [9.17, 15) is 9.59 Å². The average Bonchev–Trinajstić information content (AvgIpc) is 3.05. The molecule has 0 amide bonds. The lowest BCUT2D eigenvalue weighted by molar-refractivity contribution is -0.128. The van der Waals surface area contributed by atoms with E-state index in [1.165, 1.54) is 6.21 Å². The number of H-pyrrole nitrogens is 1. The van der Waals surface area contributed by atoms with Crippen molar-refractivity contribution in [3.8, 4) is 0 Å². The summed E-state index contributed by atoms with van der Waals surface area (Å²) in [5.41, 5.74) is 5.00. The minimum Gasteiger partial charge on any atom is -0.355 e. The number of hydrogen-bond acceptors (Lipinski definition) is 4. The first kappa shape index (κ1) is 16.7. The number of ketones is 1. The molecule has 27 heavy (non-hydrogen) atoms. The van der Waals surface area contributed by atoms with Crippen LogP contribution in [-0.4, -0.2) is 23.5 Å². The summed E-state index contributed by atoms with van der Waals surface area (Å²) >= 11 is 0. The van der Waals surface area contributed by atoms with Crippen molar-refractivity contribution in [3.63, 3.8) is 0 Å². The summed E-state index contributed by atoms with van der Waals surface area (Å²) < 4.78 is 0. The number of nitrogens with zero attached hydrogens (tertiary/aromatic N) is 1. The van der Waals surface area contributed by atoms with Gasteiger partial charge in [0.1, 0.15) is 0 Å². The highest BCUT2D eigenvalue weighted by molar-refractivity contribution is 6.15. The zero-order chi connectivity index (χ0) is 18.8. The smallest absolute Gasteiger partial charge is 0.323 e. The van der Waals surface area contributed by atoms with Crippen molar-refractivity contribution in [2.45, 2.75) is 6.92 Å². The molecular weight excluding hydrogens is 340 g/mol. The summed E-state index contributed by atoms with van der Waals surface area (Å²) in [6.45, 7) is 2.20. The fourth-order valence-corrected chi connectivity index (χ4v) is 3.24. The largest absolute Gasteiger partial charge is 0.355 e. The molecule has 0 radical (unpaired) electrons. The van der Waals surface area contributed by atoms with Crippen molar-refractivity contribution < 1.29 is 14.4 Å². The Labute approximate surface area is 155 Å². The van der Waals surface area contributed by atoms with Gasteiger partial charge in [0.25, 0.3) is 0 Å². The minimum absolute atomic E-state index is 0.00134. The number of nitrogens with one attached hydrogen (secondary N) is 1. The van der Waals surface area contributed by atoms with Crippen molar-refractivity contribution in [2.75, 3.05) is 0 Å². The lowest BCUT2D eigenvalue weighted by Crippen LogP contribution is -2.03. The molecule has 0 atom stereocenters. The molecule has 0 aliphatic rings. The van der Waals surface area contributed by atoms with Crippen LogP contribution < -0.4 is 0 Å². The highest BCUT2D eigenvalue weighted by atomic mass is 16.7. The molecule has 5 nitrogen and oxygen atoms in total. The van der Waals surface area contributed by atoms with Crippen LogP contribution in [0.2, 0.25) is 0 Å². The molecule has 0 saturated heterocycles. The van der Waals surface area contributed by atoms with E-state index < -0.39 is 0 Å². The zero-order valence-electron chi connectivity index (χ0n) is 14.6. The monoisotopic (exact) mass is 356 g/mol. The van der Waals surface area contributed by atoms with Gasteiger partial charge in [-0.05, 0) is 48.4 Å². The van der Waals surface area contributed by atoms with Crippen molar-refractivity contribution >= 4 is 40.3 Å². The molecule has 3 aromatic carbocycles. The molecule has 0 bridgehead atoms. The van der Waals surface area contributed by atoms with Gasteiger partial charge in [-0.2, -0.15) is 0 Å². The van der Waals surface area contributed by atoms with Crippen LogP contribution in [0.1, 0.15) is 27.0 Å². The van der Waals surface area contributed by atoms with E-state index in [2.05, 4.69) is 15.0 Å². The molecule has 0 spiro atoms. The summed E-state index contributed by atoms with van der Waals surface area (Å²) in [7, 11) is 0. The predicted octanol–water partition coefficient (Wildman–Crippen LogP) is 4.37. The van der Waals surface area contributed by atoms with E-state index in [1.807, 2.05) is 67.6 Å². The van der Waals surface area contributed by atoms with Crippen LogP contribution in [0, 0.1) is 6.92 Å². The zero-order valence-corrected chi connectivity index (χ0v) is 14.6. The molecule has 1 N–H and O–H groups in total. The summed E-state index contributed by atoms with van der Waals surface area (Å²) in [6, 6.07) is 19.0. The normalized spacial score (nSPS) is 11.3. The van der Waals surface area contributed by atoms with Gasteiger partial charge in [-0.1, -0.05) is 35.5 Å². The maximum Gasteiger partial charge on any atom is 0.323 e. The first-order valence-corrected chi connectivity index (χ1v) is 8.46. The van der Waals surface area contributed by atoms with Crippen molar-refractivity contribution in [1.29, 1.82) is 0 Å². The Morgan fingerprint density at radius 3 is 2.52 bits per heavy atom. The van der Waals surface area contributed by atoms with Gasteiger partial charge in [-0.25, -0.2) is 0 Å². The number of rotatable bonds is 5. The Balaban J connectivity index is 1.81. The third-order valence-electron chi connectivity index (χ3n) is 4.58. The standard InChI is InChI=1S/C22H16N2O3/c1-14-4-2-3-5-17(14)22(26)16-7-9-21-19(11-16)18-10-15(12-23-27-13-25)6-8-20(18)24-21/h2-13,24H,1H3/b23-12-. The second-order valence-corrected chi connectivity index (χ2v) is 6.27. The number of oxime groups is 1. The number of fused-ring (bicyclic) bond motifs is 3. The van der Waals surface area contributed by atoms with E-state index >= 15 is 0 Å². The van der Waals surface area contributed by atoms with Crippen LogP contribution in [0.5, 0.6) is 0 Å². The van der Waals surface area contributed by atoms with Crippen molar-refractivity contribution in [1.82, 2.24) is 4.98 Å². The van der Waals surface area contributed by atoms with Gasteiger partial charge in [0, 0.05) is 32.9 Å². The van der Waals surface area contributed by atoms with Gasteiger partial charge in [0.2, 0.25) is 0 Å². The summed E-state index contributed by atoms with van der Waals surface area (Å²) in [6.07, 6.45) is 1.47. The van der Waals surface area contributed by atoms with Crippen LogP contribution in [0.4, 0.5) is 0 Å². The van der Waals surface area contributed by atoms with Gasteiger partial charge >= 0.3 is 6.47 Å². The molecule has 1 aromatic heterocycles. The number of aryl methyl sites for hydroxylation is 1. The first-order chi connectivity index (χ1) is 13.2. The van der Waals surface area contributed by atoms with Crippen LogP contribution in [0.25, 0.3) is 21.8 Å². The molecule has 4 rings (SSSR count). The predicted molar refractivity (Wildman–Crippen MR) is 105 cm³/mol. The lowest BCUT2D eigenvalue weighted by Gasteiger charge is -2.05. The Morgan fingerprint density at radius 2 is 1.74 bits per heavy atom. The average molecular weight is 356 g/mol.